The molecule has 2 heterocycles. The number of primary amides is 1. The van der Waals surface area contributed by atoms with Gasteiger partial charge in [0.05, 0.1) is 10.0 Å². The fourth-order valence-corrected chi connectivity index (χ4v) is 6.57. The van der Waals surface area contributed by atoms with Crippen molar-refractivity contribution in [3.8, 4) is 22.3 Å². The summed E-state index contributed by atoms with van der Waals surface area (Å²) in [6, 6.07) is 15.8. The van der Waals surface area contributed by atoms with Gasteiger partial charge in [0.1, 0.15) is 0 Å². The fraction of sp³-hybridized carbons (Fsp3) is 0.355. The Morgan fingerprint density at radius 3 is 2.26 bits per heavy atom. The lowest BCUT2D eigenvalue weighted by atomic mass is 9.93. The number of rotatable bonds is 4. The van der Waals surface area contributed by atoms with Gasteiger partial charge in [0, 0.05) is 56.4 Å². The molecule has 2 saturated heterocycles. The second-order valence-electron chi connectivity index (χ2n) is 11.0. The molecule has 0 saturated carbocycles. The normalized spacial score (nSPS) is 18.2. The number of nitrogens with zero attached hydrogens (tertiary/aromatic N) is 3. The third-order valence-electron chi connectivity index (χ3n) is 8.59. The van der Waals surface area contributed by atoms with Crippen LogP contribution in [0.2, 0.25) is 10.0 Å². The predicted octanol–water partition coefficient (Wildman–Crippen LogP) is 5.18. The number of hydrogen-bond acceptors (Lipinski definition) is 4. The summed E-state index contributed by atoms with van der Waals surface area (Å²) in [6.07, 6.45) is 2.63. The van der Waals surface area contributed by atoms with E-state index in [2.05, 4.69) is 22.9 Å². The lowest BCUT2D eigenvalue weighted by Crippen LogP contribution is -2.52. The average Bonchev–Trinajstić information content (AvgIpc) is 3.32. The molecule has 3 aliphatic rings. The number of carbonyl (C=O) groups is 2. The van der Waals surface area contributed by atoms with Gasteiger partial charge in [-0.25, -0.2) is 0 Å². The van der Waals surface area contributed by atoms with Crippen molar-refractivity contribution in [2.75, 3.05) is 46.3 Å². The standard InChI is InChI=1S/C31H32Cl2N4O2/c1-35-10-12-36(13-11-35)23-6-8-37(9-7-23)31(39)21-3-2-20-14-26-25(24(20)15-21)16-22(17-27(26)30(34)38)19-4-5-28(32)29(33)18-19/h2-5,15-18,23H,6-14H2,1H3,(H2,34,38). The van der Waals surface area contributed by atoms with E-state index in [0.717, 1.165) is 85.5 Å². The Morgan fingerprint density at radius 2 is 1.56 bits per heavy atom. The minimum absolute atomic E-state index is 0.0684. The number of likely N-dealkylation sites (N-methyl/N-ethyl adjacent to an activating group) is 1. The third-order valence-corrected chi connectivity index (χ3v) is 9.33. The first-order valence-corrected chi connectivity index (χ1v) is 14.3. The fourth-order valence-electron chi connectivity index (χ4n) is 6.27. The first kappa shape index (κ1) is 26.3. The van der Waals surface area contributed by atoms with Crippen molar-refractivity contribution in [3.63, 3.8) is 0 Å². The quantitative estimate of drug-likeness (QED) is 0.372. The van der Waals surface area contributed by atoms with Crippen molar-refractivity contribution in [2.45, 2.75) is 25.3 Å². The van der Waals surface area contributed by atoms with Crippen molar-refractivity contribution < 1.29 is 9.59 Å². The van der Waals surface area contributed by atoms with E-state index in [4.69, 9.17) is 28.9 Å². The van der Waals surface area contributed by atoms with Crippen molar-refractivity contribution in [1.82, 2.24) is 14.7 Å². The lowest BCUT2D eigenvalue weighted by molar-refractivity contribution is 0.0518. The number of nitrogens with two attached hydrogens (primary N) is 1. The summed E-state index contributed by atoms with van der Waals surface area (Å²) in [4.78, 5) is 33.0. The molecule has 6 rings (SSSR count). The Balaban J connectivity index is 1.26. The van der Waals surface area contributed by atoms with Crippen LogP contribution in [-0.2, 0) is 6.42 Å². The maximum absolute atomic E-state index is 13.6. The van der Waals surface area contributed by atoms with Crippen LogP contribution in [0.4, 0.5) is 0 Å². The van der Waals surface area contributed by atoms with Crippen LogP contribution in [0.1, 0.15) is 44.7 Å². The van der Waals surface area contributed by atoms with Crippen molar-refractivity contribution in [2.24, 2.45) is 5.73 Å². The Bertz CT molecular complexity index is 1460. The first-order chi connectivity index (χ1) is 18.8. The average molecular weight is 564 g/mol. The molecule has 0 spiro atoms. The molecule has 6 nitrogen and oxygen atoms in total. The molecule has 0 aromatic heterocycles. The molecule has 0 radical (unpaired) electrons. The highest BCUT2D eigenvalue weighted by Crippen LogP contribution is 2.42. The highest BCUT2D eigenvalue weighted by Gasteiger charge is 2.30. The van der Waals surface area contributed by atoms with Crippen LogP contribution in [0.3, 0.4) is 0 Å². The Morgan fingerprint density at radius 1 is 0.821 bits per heavy atom. The predicted molar refractivity (Wildman–Crippen MR) is 157 cm³/mol. The molecule has 2 aliphatic heterocycles. The Labute approximate surface area is 239 Å². The molecule has 2 N–H and O–H groups in total. The van der Waals surface area contributed by atoms with E-state index in [-0.39, 0.29) is 5.91 Å². The Hall–Kier alpha value is -2.90. The minimum atomic E-state index is -0.472. The van der Waals surface area contributed by atoms with Crippen molar-refractivity contribution in [3.05, 3.63) is 80.8 Å². The summed E-state index contributed by atoms with van der Waals surface area (Å²) >= 11 is 12.4. The van der Waals surface area contributed by atoms with Crippen LogP contribution in [-0.4, -0.2) is 78.9 Å². The Kier molecular flexibility index (Phi) is 7.15. The van der Waals surface area contributed by atoms with E-state index < -0.39 is 5.91 Å². The lowest BCUT2D eigenvalue weighted by Gasteiger charge is -2.42. The molecule has 8 heteroatoms. The molecular formula is C31H32Cl2N4O2. The van der Waals surface area contributed by atoms with E-state index in [1.165, 1.54) is 0 Å². The third kappa shape index (κ3) is 5.07. The zero-order valence-electron chi connectivity index (χ0n) is 22.1. The molecule has 0 atom stereocenters. The highest BCUT2D eigenvalue weighted by molar-refractivity contribution is 6.42. The van der Waals surface area contributed by atoms with Gasteiger partial charge < -0.3 is 15.5 Å². The summed E-state index contributed by atoms with van der Waals surface area (Å²) in [6.45, 7) is 5.99. The first-order valence-electron chi connectivity index (χ1n) is 13.6. The van der Waals surface area contributed by atoms with Crippen LogP contribution in [0.25, 0.3) is 22.3 Å². The zero-order chi connectivity index (χ0) is 27.3. The molecule has 2 fully saturated rings. The van der Waals surface area contributed by atoms with Crippen LogP contribution in [0, 0.1) is 0 Å². The number of piperazine rings is 1. The SMILES string of the molecule is CN1CCN(C2CCN(C(=O)c3ccc4c(c3)-c3cc(-c5ccc(Cl)c(Cl)c5)cc(C(N)=O)c3C4)CC2)CC1. The molecule has 0 unspecified atom stereocenters. The monoisotopic (exact) mass is 562 g/mol. The van der Waals surface area contributed by atoms with Crippen LogP contribution >= 0.6 is 23.2 Å². The number of piperidine rings is 1. The summed E-state index contributed by atoms with van der Waals surface area (Å²) in [5.74, 6) is -0.403. The molecular weight excluding hydrogens is 531 g/mol. The largest absolute Gasteiger partial charge is 0.366 e. The van der Waals surface area contributed by atoms with E-state index in [1.54, 1.807) is 12.1 Å². The van der Waals surface area contributed by atoms with Gasteiger partial charge in [0.25, 0.3) is 5.91 Å². The number of benzene rings is 3. The van der Waals surface area contributed by atoms with Gasteiger partial charge in [-0.15, -0.1) is 0 Å². The second kappa shape index (κ2) is 10.6. The number of halogens is 2. The van der Waals surface area contributed by atoms with Gasteiger partial charge in [0.2, 0.25) is 5.91 Å². The van der Waals surface area contributed by atoms with Crippen LogP contribution in [0.5, 0.6) is 0 Å². The summed E-state index contributed by atoms with van der Waals surface area (Å²) < 4.78 is 0. The molecule has 2 amide bonds. The maximum atomic E-state index is 13.6. The van der Waals surface area contributed by atoms with E-state index in [9.17, 15) is 9.59 Å². The van der Waals surface area contributed by atoms with E-state index in [0.29, 0.717) is 33.6 Å². The smallest absolute Gasteiger partial charge is 0.253 e. The minimum Gasteiger partial charge on any atom is -0.366 e. The van der Waals surface area contributed by atoms with Crippen molar-refractivity contribution >= 4 is 35.0 Å². The van der Waals surface area contributed by atoms with Crippen LogP contribution < -0.4 is 5.73 Å². The number of hydrogen-bond donors (Lipinski definition) is 1. The molecule has 1 aliphatic carbocycles. The maximum Gasteiger partial charge on any atom is 0.253 e. The summed E-state index contributed by atoms with van der Waals surface area (Å²) in [5.41, 5.74) is 12.6. The molecule has 3 aromatic carbocycles. The van der Waals surface area contributed by atoms with Gasteiger partial charge in [-0.2, -0.15) is 0 Å². The summed E-state index contributed by atoms with van der Waals surface area (Å²) in [7, 11) is 2.18. The van der Waals surface area contributed by atoms with Gasteiger partial charge in [-0.3, -0.25) is 14.5 Å². The second-order valence-corrected chi connectivity index (χ2v) is 11.8. The number of carbonyl (C=O) groups excluding carboxylic acids is 2. The number of fused-ring (bicyclic) bond motifs is 3. The molecule has 3 aromatic rings. The molecule has 39 heavy (non-hydrogen) atoms. The zero-order valence-corrected chi connectivity index (χ0v) is 23.6. The summed E-state index contributed by atoms with van der Waals surface area (Å²) in [5, 5.41) is 0.915. The van der Waals surface area contributed by atoms with Crippen molar-refractivity contribution in [1.29, 1.82) is 0 Å². The van der Waals surface area contributed by atoms with Gasteiger partial charge in [-0.05, 0) is 96.1 Å². The number of likely N-dealkylation sites (tertiary alicyclic amines) is 1. The van der Waals surface area contributed by atoms with E-state index in [1.807, 2.05) is 35.2 Å². The number of amides is 2. The van der Waals surface area contributed by atoms with Crippen LogP contribution in [0.15, 0.2) is 48.5 Å². The van der Waals surface area contributed by atoms with Gasteiger partial charge >= 0.3 is 0 Å². The molecule has 202 valence electrons. The van der Waals surface area contributed by atoms with Gasteiger partial charge in [0.15, 0.2) is 0 Å². The highest BCUT2D eigenvalue weighted by atomic mass is 35.5. The van der Waals surface area contributed by atoms with E-state index >= 15 is 0 Å². The topological polar surface area (TPSA) is 69.9 Å². The molecule has 0 bridgehead atoms. The van der Waals surface area contributed by atoms with Gasteiger partial charge in [-0.1, -0.05) is 35.3 Å².